The summed E-state index contributed by atoms with van der Waals surface area (Å²) >= 11 is 1.94. The molecule has 0 saturated carbocycles. The fourth-order valence-electron chi connectivity index (χ4n) is 10.0. The molecule has 8 aromatic carbocycles. The van der Waals surface area contributed by atoms with Crippen LogP contribution in [-0.4, -0.2) is 4.57 Å². The van der Waals surface area contributed by atoms with Gasteiger partial charge in [0.2, 0.25) is 0 Å². The molecule has 0 saturated heterocycles. The lowest BCUT2D eigenvalue weighted by Gasteiger charge is -2.22. The molecule has 0 spiro atoms. The Morgan fingerprint density at radius 3 is 2.18 bits per heavy atom. The highest BCUT2D eigenvalue weighted by atomic mass is 32.1. The SMILES string of the molecule is CC1(C)c2ccccc2-c2ccc(-c3ccc4sc5c6ccccc6c6c(c5c4c3)c3c4ccccc4ccc3n6-c3ccc(C4C=CC=CC4)cc3)cc21. The Morgan fingerprint density at radius 1 is 0.582 bits per heavy atom. The molecule has 1 nitrogen and oxygen atoms in total. The predicted molar refractivity (Wildman–Crippen MR) is 237 cm³/mol. The van der Waals surface area contributed by atoms with Crippen molar-refractivity contribution in [2.45, 2.75) is 31.6 Å². The molecule has 2 aromatic heterocycles. The Hall–Kier alpha value is -6.22. The quantitative estimate of drug-likeness (QED) is 0.171. The van der Waals surface area contributed by atoms with E-state index in [-0.39, 0.29) is 5.41 Å². The van der Waals surface area contributed by atoms with Crippen LogP contribution in [0.3, 0.4) is 0 Å². The van der Waals surface area contributed by atoms with Gasteiger partial charge in [-0.25, -0.2) is 0 Å². The first-order chi connectivity index (χ1) is 27.0. The topological polar surface area (TPSA) is 4.93 Å². The zero-order valence-corrected chi connectivity index (χ0v) is 31.6. The van der Waals surface area contributed by atoms with Gasteiger partial charge >= 0.3 is 0 Å². The van der Waals surface area contributed by atoms with Crippen molar-refractivity contribution in [1.82, 2.24) is 4.57 Å². The van der Waals surface area contributed by atoms with Gasteiger partial charge in [0, 0.05) is 58.7 Å². The third kappa shape index (κ3) is 4.35. The van der Waals surface area contributed by atoms with Crippen molar-refractivity contribution in [1.29, 1.82) is 0 Å². The van der Waals surface area contributed by atoms with Crippen molar-refractivity contribution in [2.75, 3.05) is 0 Å². The second-order valence-electron chi connectivity index (χ2n) is 16.0. The van der Waals surface area contributed by atoms with Gasteiger partial charge in [0.1, 0.15) is 0 Å². The standard InChI is InChI=1S/C53H37NS/c1-53(2)44-19-11-10-16-39(44)40-27-22-36(31-45(40)53)35-24-29-47-43(30-35)49-50-48-38-15-7-6-14-34(38)23-28-46(48)54(51(50)41-17-8-9-18-42(41)52(49)55-47)37-25-20-33(21-26-37)32-12-4-3-5-13-32/h3-12,14-32H,13H2,1-2H3. The lowest BCUT2D eigenvalue weighted by Crippen LogP contribution is -2.14. The van der Waals surface area contributed by atoms with Gasteiger partial charge in [-0.3, -0.25) is 0 Å². The Morgan fingerprint density at radius 2 is 1.33 bits per heavy atom. The number of aromatic nitrogens is 1. The molecule has 2 heteroatoms. The van der Waals surface area contributed by atoms with E-state index in [2.05, 4.69) is 188 Å². The average Bonchev–Trinajstić information content (AvgIpc) is 3.87. The molecule has 0 radical (unpaired) electrons. The van der Waals surface area contributed by atoms with E-state index in [1.165, 1.54) is 108 Å². The van der Waals surface area contributed by atoms with Crippen LogP contribution >= 0.6 is 11.3 Å². The number of fused-ring (bicyclic) bond motifs is 15. The van der Waals surface area contributed by atoms with Gasteiger partial charge in [0.05, 0.1) is 11.0 Å². The Kier molecular flexibility index (Phi) is 6.46. The van der Waals surface area contributed by atoms with Gasteiger partial charge in [-0.1, -0.05) is 147 Å². The third-order valence-corrected chi connectivity index (χ3v) is 13.9. The van der Waals surface area contributed by atoms with Crippen molar-refractivity contribution in [3.05, 3.63) is 187 Å². The van der Waals surface area contributed by atoms with Gasteiger partial charge in [-0.2, -0.15) is 0 Å². The van der Waals surface area contributed by atoms with Crippen LogP contribution in [0.15, 0.2) is 170 Å². The lowest BCUT2D eigenvalue weighted by atomic mass is 9.81. The molecule has 2 heterocycles. The molecule has 2 aliphatic rings. The fraction of sp³-hybridized carbons (Fsp3) is 0.0943. The molecule has 12 rings (SSSR count). The number of hydrogen-bond donors (Lipinski definition) is 0. The maximum Gasteiger partial charge on any atom is 0.0626 e. The number of nitrogens with zero attached hydrogens (tertiary/aromatic N) is 1. The molecule has 0 bridgehead atoms. The van der Waals surface area contributed by atoms with E-state index in [1.807, 2.05) is 11.3 Å². The van der Waals surface area contributed by atoms with Gasteiger partial charge in [0.15, 0.2) is 0 Å². The minimum Gasteiger partial charge on any atom is -0.309 e. The lowest BCUT2D eigenvalue weighted by molar-refractivity contribution is 0.660. The monoisotopic (exact) mass is 719 g/mol. The highest BCUT2D eigenvalue weighted by Crippen LogP contribution is 2.52. The van der Waals surface area contributed by atoms with E-state index in [0.29, 0.717) is 5.92 Å². The summed E-state index contributed by atoms with van der Waals surface area (Å²) in [6, 6.07) is 55.3. The van der Waals surface area contributed by atoms with Gasteiger partial charge in [0.25, 0.3) is 0 Å². The summed E-state index contributed by atoms with van der Waals surface area (Å²) in [6.45, 7) is 4.74. The maximum atomic E-state index is 2.55. The van der Waals surface area contributed by atoms with Crippen molar-refractivity contribution in [3.8, 4) is 27.9 Å². The fourth-order valence-corrected chi connectivity index (χ4v) is 11.2. The minimum atomic E-state index is -0.0442. The second kappa shape index (κ2) is 11.4. The first-order valence-electron chi connectivity index (χ1n) is 19.5. The van der Waals surface area contributed by atoms with Crippen molar-refractivity contribution in [2.24, 2.45) is 0 Å². The van der Waals surface area contributed by atoms with Crippen molar-refractivity contribution >= 4 is 74.9 Å². The summed E-state index contributed by atoms with van der Waals surface area (Å²) < 4.78 is 5.23. The summed E-state index contributed by atoms with van der Waals surface area (Å²) in [5.74, 6) is 0.417. The van der Waals surface area contributed by atoms with Crippen molar-refractivity contribution in [3.63, 3.8) is 0 Å². The summed E-state index contributed by atoms with van der Waals surface area (Å²) in [5.41, 5.74) is 13.1. The number of hydrogen-bond acceptors (Lipinski definition) is 1. The smallest absolute Gasteiger partial charge is 0.0626 e. The van der Waals surface area contributed by atoms with Crippen LogP contribution < -0.4 is 0 Å². The summed E-state index contributed by atoms with van der Waals surface area (Å²) in [5, 5.41) is 10.5. The highest BCUT2D eigenvalue weighted by Gasteiger charge is 2.35. The zero-order chi connectivity index (χ0) is 36.4. The van der Waals surface area contributed by atoms with E-state index in [9.17, 15) is 0 Å². The molecule has 55 heavy (non-hydrogen) atoms. The van der Waals surface area contributed by atoms with E-state index in [4.69, 9.17) is 0 Å². The first kappa shape index (κ1) is 31.2. The number of thiophene rings is 1. The van der Waals surface area contributed by atoms with Crippen LogP contribution in [0.5, 0.6) is 0 Å². The molecule has 0 amide bonds. The Bertz CT molecular complexity index is 3310. The minimum absolute atomic E-state index is 0.0442. The van der Waals surface area contributed by atoms with Crippen LogP contribution in [0.2, 0.25) is 0 Å². The van der Waals surface area contributed by atoms with Crippen molar-refractivity contribution < 1.29 is 0 Å². The van der Waals surface area contributed by atoms with E-state index in [1.54, 1.807) is 0 Å². The van der Waals surface area contributed by atoms with Crippen LogP contribution in [0.4, 0.5) is 0 Å². The predicted octanol–water partition coefficient (Wildman–Crippen LogP) is 15.0. The molecule has 0 aliphatic heterocycles. The van der Waals surface area contributed by atoms with E-state index >= 15 is 0 Å². The number of rotatable bonds is 3. The molecular formula is C53H37NS. The van der Waals surface area contributed by atoms with Gasteiger partial charge in [-0.05, 0) is 92.5 Å². The number of allylic oxidation sites excluding steroid dienone is 4. The zero-order valence-electron chi connectivity index (χ0n) is 30.8. The van der Waals surface area contributed by atoms with Gasteiger partial charge in [-0.15, -0.1) is 11.3 Å². The van der Waals surface area contributed by atoms with Crippen LogP contribution in [-0.2, 0) is 5.41 Å². The molecule has 2 aliphatic carbocycles. The molecule has 1 atom stereocenters. The molecule has 0 fully saturated rings. The normalized spacial score (nSPS) is 15.9. The molecule has 260 valence electrons. The first-order valence-corrected chi connectivity index (χ1v) is 20.3. The highest BCUT2D eigenvalue weighted by molar-refractivity contribution is 7.27. The Balaban J connectivity index is 1.17. The van der Waals surface area contributed by atoms with Crippen LogP contribution in [0.25, 0.3) is 91.5 Å². The van der Waals surface area contributed by atoms with E-state index < -0.39 is 0 Å². The van der Waals surface area contributed by atoms with Crippen LogP contribution in [0, 0.1) is 0 Å². The summed E-state index contributed by atoms with van der Waals surface area (Å²) in [6.07, 6.45) is 9.98. The average molecular weight is 720 g/mol. The molecule has 1 unspecified atom stereocenters. The summed E-state index contributed by atoms with van der Waals surface area (Å²) in [7, 11) is 0. The Labute approximate surface area is 324 Å². The van der Waals surface area contributed by atoms with E-state index in [0.717, 1.165) is 6.42 Å². The molecule has 10 aromatic rings. The summed E-state index contributed by atoms with van der Waals surface area (Å²) in [4.78, 5) is 0. The maximum absolute atomic E-state index is 2.55. The molecular weight excluding hydrogens is 683 g/mol. The van der Waals surface area contributed by atoms with Gasteiger partial charge < -0.3 is 4.57 Å². The van der Waals surface area contributed by atoms with Crippen LogP contribution in [0.1, 0.15) is 42.9 Å². The number of benzene rings is 8. The third-order valence-electron chi connectivity index (χ3n) is 12.7. The molecule has 0 N–H and O–H groups in total. The second-order valence-corrected chi connectivity index (χ2v) is 17.0. The largest absolute Gasteiger partial charge is 0.309 e.